The van der Waals surface area contributed by atoms with Gasteiger partial charge in [0.2, 0.25) is 5.95 Å². The van der Waals surface area contributed by atoms with E-state index in [-0.39, 0.29) is 11.5 Å². The summed E-state index contributed by atoms with van der Waals surface area (Å²) in [4.78, 5) is 23.1. The second-order valence-corrected chi connectivity index (χ2v) is 7.79. The zero-order valence-electron chi connectivity index (χ0n) is 17.0. The third kappa shape index (κ3) is 5.62. The van der Waals surface area contributed by atoms with Gasteiger partial charge in [-0.15, -0.1) is 0 Å². The molecule has 8 heteroatoms. The molecule has 1 aromatic heterocycles. The van der Waals surface area contributed by atoms with Crippen LogP contribution >= 0.6 is 0 Å². The van der Waals surface area contributed by atoms with Gasteiger partial charge in [0, 0.05) is 44.0 Å². The van der Waals surface area contributed by atoms with Gasteiger partial charge in [-0.25, -0.2) is 13.8 Å². The minimum absolute atomic E-state index is 0.132. The van der Waals surface area contributed by atoms with E-state index in [1.807, 2.05) is 32.0 Å². The zero-order valence-corrected chi connectivity index (χ0v) is 17.0. The van der Waals surface area contributed by atoms with E-state index in [2.05, 4.69) is 20.6 Å². The van der Waals surface area contributed by atoms with Gasteiger partial charge in [-0.2, -0.15) is 4.98 Å². The molecule has 1 heterocycles. The van der Waals surface area contributed by atoms with Crippen LogP contribution in [0.3, 0.4) is 0 Å². The van der Waals surface area contributed by atoms with Gasteiger partial charge >= 0.3 is 0 Å². The van der Waals surface area contributed by atoms with Gasteiger partial charge in [-0.3, -0.25) is 4.79 Å². The average molecular weight is 403 g/mol. The first-order chi connectivity index (χ1) is 13.8. The lowest BCUT2D eigenvalue weighted by molar-refractivity contribution is 0.0942. The van der Waals surface area contributed by atoms with Crippen molar-refractivity contribution in [3.8, 4) is 0 Å². The Labute approximate surface area is 169 Å². The first kappa shape index (κ1) is 21.0. The van der Waals surface area contributed by atoms with E-state index in [1.165, 1.54) is 6.07 Å². The Morgan fingerprint density at radius 2 is 1.83 bits per heavy atom. The van der Waals surface area contributed by atoms with Crippen LogP contribution in [0.1, 0.15) is 41.7 Å². The molecule has 1 saturated carbocycles. The van der Waals surface area contributed by atoms with Gasteiger partial charge in [0.25, 0.3) is 5.91 Å². The van der Waals surface area contributed by atoms with Crippen molar-refractivity contribution in [1.29, 1.82) is 0 Å². The number of anilines is 2. The first-order valence-electron chi connectivity index (χ1n) is 9.84. The molecule has 1 aliphatic carbocycles. The molecular formula is C21H27F2N5O. The molecule has 29 heavy (non-hydrogen) atoms. The van der Waals surface area contributed by atoms with Crippen molar-refractivity contribution < 1.29 is 13.6 Å². The molecular weight excluding hydrogens is 376 g/mol. The molecule has 1 aromatic carbocycles. The van der Waals surface area contributed by atoms with Crippen molar-refractivity contribution in [2.75, 3.05) is 30.9 Å². The number of benzene rings is 1. The van der Waals surface area contributed by atoms with E-state index < -0.39 is 11.6 Å². The maximum Gasteiger partial charge on any atom is 0.251 e. The highest BCUT2D eigenvalue weighted by atomic mass is 19.2. The maximum absolute atomic E-state index is 13.3. The van der Waals surface area contributed by atoms with Gasteiger partial charge < -0.3 is 15.5 Å². The third-order valence-corrected chi connectivity index (χ3v) is 5.21. The molecule has 0 spiro atoms. The number of halogens is 2. The van der Waals surface area contributed by atoms with Crippen LogP contribution in [-0.4, -0.2) is 42.6 Å². The Hall–Kier alpha value is -2.77. The monoisotopic (exact) mass is 403 g/mol. The van der Waals surface area contributed by atoms with E-state index in [0.717, 1.165) is 49.3 Å². The van der Waals surface area contributed by atoms with Crippen LogP contribution in [0.15, 0.2) is 24.3 Å². The second kappa shape index (κ2) is 9.15. The standard InChI is InChI=1S/C21H27F2N5O/c1-13-10-19(28(2)3)27-21(25-13)26-16-7-4-14(5-8-16)12-24-20(29)15-6-9-17(22)18(23)11-15/h6,9-11,14,16H,4-5,7-8,12H2,1-3H3,(H,24,29)(H,25,26,27). The molecule has 0 atom stereocenters. The fourth-order valence-corrected chi connectivity index (χ4v) is 3.52. The molecule has 3 rings (SSSR count). The number of nitrogens with zero attached hydrogens (tertiary/aromatic N) is 3. The second-order valence-electron chi connectivity index (χ2n) is 7.79. The fourth-order valence-electron chi connectivity index (χ4n) is 3.52. The summed E-state index contributed by atoms with van der Waals surface area (Å²) in [5.74, 6) is -0.480. The van der Waals surface area contributed by atoms with Gasteiger partial charge in [0.05, 0.1) is 0 Å². The predicted octanol–water partition coefficient (Wildman–Crippen LogP) is 3.53. The van der Waals surface area contributed by atoms with Crippen LogP contribution < -0.4 is 15.5 Å². The van der Waals surface area contributed by atoms with Crippen molar-refractivity contribution in [2.45, 2.75) is 38.6 Å². The Morgan fingerprint density at radius 3 is 2.48 bits per heavy atom. The summed E-state index contributed by atoms with van der Waals surface area (Å²) < 4.78 is 26.3. The summed E-state index contributed by atoms with van der Waals surface area (Å²) in [6.07, 6.45) is 3.84. The van der Waals surface area contributed by atoms with Crippen LogP contribution in [0.4, 0.5) is 20.5 Å². The molecule has 1 amide bonds. The third-order valence-electron chi connectivity index (χ3n) is 5.21. The average Bonchev–Trinajstić information content (AvgIpc) is 2.69. The lowest BCUT2D eigenvalue weighted by Crippen LogP contribution is -2.34. The number of aryl methyl sites for hydroxylation is 1. The summed E-state index contributed by atoms with van der Waals surface area (Å²) >= 11 is 0. The van der Waals surface area contributed by atoms with Crippen molar-refractivity contribution in [3.63, 3.8) is 0 Å². The van der Waals surface area contributed by atoms with Crippen LogP contribution in [0.25, 0.3) is 0 Å². The molecule has 0 bridgehead atoms. The number of carbonyl (C=O) groups is 1. The summed E-state index contributed by atoms with van der Waals surface area (Å²) in [5, 5.41) is 6.25. The number of carbonyl (C=O) groups excluding carboxylic acids is 1. The number of rotatable bonds is 6. The van der Waals surface area contributed by atoms with Crippen molar-refractivity contribution in [1.82, 2.24) is 15.3 Å². The zero-order chi connectivity index (χ0) is 21.0. The topological polar surface area (TPSA) is 70.2 Å². The minimum Gasteiger partial charge on any atom is -0.363 e. The summed E-state index contributed by atoms with van der Waals surface area (Å²) in [6, 6.07) is 5.42. The molecule has 6 nitrogen and oxygen atoms in total. The van der Waals surface area contributed by atoms with Crippen LogP contribution in [0.2, 0.25) is 0 Å². The number of hydrogen-bond acceptors (Lipinski definition) is 5. The molecule has 0 aliphatic heterocycles. The molecule has 0 unspecified atom stereocenters. The van der Waals surface area contributed by atoms with Crippen LogP contribution in [-0.2, 0) is 0 Å². The van der Waals surface area contributed by atoms with Gasteiger partial charge in [0.1, 0.15) is 5.82 Å². The summed E-state index contributed by atoms with van der Waals surface area (Å²) in [5.41, 5.74) is 1.05. The normalized spacial score (nSPS) is 18.9. The van der Waals surface area contributed by atoms with E-state index in [1.54, 1.807) is 0 Å². The molecule has 156 valence electrons. The summed E-state index contributed by atoms with van der Waals surface area (Å²) in [6.45, 7) is 2.47. The molecule has 1 aliphatic rings. The smallest absolute Gasteiger partial charge is 0.251 e. The highest BCUT2D eigenvalue weighted by Gasteiger charge is 2.22. The number of hydrogen-bond donors (Lipinski definition) is 2. The molecule has 2 aromatic rings. The fraction of sp³-hybridized carbons (Fsp3) is 0.476. The van der Waals surface area contributed by atoms with Gasteiger partial charge in [0.15, 0.2) is 11.6 Å². The van der Waals surface area contributed by atoms with Crippen LogP contribution in [0, 0.1) is 24.5 Å². The Morgan fingerprint density at radius 1 is 1.10 bits per heavy atom. The van der Waals surface area contributed by atoms with Crippen molar-refractivity contribution in [3.05, 3.63) is 47.2 Å². The lowest BCUT2D eigenvalue weighted by atomic mass is 9.86. The Bertz CT molecular complexity index is 866. The maximum atomic E-state index is 13.3. The van der Waals surface area contributed by atoms with E-state index in [9.17, 15) is 13.6 Å². The van der Waals surface area contributed by atoms with Crippen LogP contribution in [0.5, 0.6) is 0 Å². The minimum atomic E-state index is -1.01. The van der Waals surface area contributed by atoms with Gasteiger partial charge in [-0.05, 0) is 56.7 Å². The molecule has 0 saturated heterocycles. The molecule has 1 fully saturated rings. The quantitative estimate of drug-likeness (QED) is 0.772. The molecule has 0 radical (unpaired) electrons. The SMILES string of the molecule is Cc1cc(N(C)C)nc(NC2CCC(CNC(=O)c3ccc(F)c(F)c3)CC2)n1. The van der Waals surface area contributed by atoms with Crippen molar-refractivity contribution in [2.24, 2.45) is 5.92 Å². The largest absolute Gasteiger partial charge is 0.363 e. The lowest BCUT2D eigenvalue weighted by Gasteiger charge is -2.29. The predicted molar refractivity (Wildman–Crippen MR) is 109 cm³/mol. The number of aromatic nitrogens is 2. The first-order valence-corrected chi connectivity index (χ1v) is 9.84. The van der Waals surface area contributed by atoms with Crippen molar-refractivity contribution >= 4 is 17.7 Å². The highest BCUT2D eigenvalue weighted by molar-refractivity contribution is 5.94. The molecule has 2 N–H and O–H groups in total. The van der Waals surface area contributed by atoms with E-state index in [4.69, 9.17) is 0 Å². The van der Waals surface area contributed by atoms with E-state index >= 15 is 0 Å². The number of nitrogens with one attached hydrogen (secondary N) is 2. The highest BCUT2D eigenvalue weighted by Crippen LogP contribution is 2.26. The Kier molecular flexibility index (Phi) is 6.61. The summed E-state index contributed by atoms with van der Waals surface area (Å²) in [7, 11) is 3.90. The van der Waals surface area contributed by atoms with Gasteiger partial charge in [-0.1, -0.05) is 0 Å². The van der Waals surface area contributed by atoms with E-state index in [0.29, 0.717) is 24.5 Å². The number of amides is 1. The Balaban J connectivity index is 1.47.